The lowest BCUT2D eigenvalue weighted by Crippen LogP contribution is -2.48. The van der Waals surface area contributed by atoms with Gasteiger partial charge in [-0.3, -0.25) is 4.79 Å². The van der Waals surface area contributed by atoms with Crippen LogP contribution in [-0.4, -0.2) is 48.2 Å². The highest BCUT2D eigenvalue weighted by Crippen LogP contribution is 2.34. The van der Waals surface area contributed by atoms with E-state index in [1.807, 2.05) is 31.2 Å². The van der Waals surface area contributed by atoms with Crippen LogP contribution in [0.3, 0.4) is 0 Å². The molecule has 0 radical (unpaired) electrons. The zero-order valence-electron chi connectivity index (χ0n) is 16.6. The largest absolute Gasteiger partial charge is 0.465 e. The molecule has 1 atom stereocenters. The number of aldehydes is 1. The van der Waals surface area contributed by atoms with Gasteiger partial charge in [-0.15, -0.1) is 0 Å². The van der Waals surface area contributed by atoms with Gasteiger partial charge >= 0.3 is 6.09 Å². The summed E-state index contributed by atoms with van der Waals surface area (Å²) in [7, 11) is 0. The summed E-state index contributed by atoms with van der Waals surface area (Å²) < 4.78 is 5.44. The van der Waals surface area contributed by atoms with E-state index in [2.05, 4.69) is 26.8 Å². The lowest BCUT2D eigenvalue weighted by atomic mass is 9.81. The summed E-state index contributed by atoms with van der Waals surface area (Å²) in [6.07, 6.45) is 4.20. The second-order valence-electron chi connectivity index (χ2n) is 7.77. The number of hydrogen-bond acceptors (Lipinski definition) is 3. The molecule has 0 aliphatic carbocycles. The van der Waals surface area contributed by atoms with Crippen molar-refractivity contribution in [1.82, 2.24) is 4.90 Å². The summed E-state index contributed by atoms with van der Waals surface area (Å²) >= 11 is 0. The summed E-state index contributed by atoms with van der Waals surface area (Å²) in [6.45, 7) is 9.57. The molecular formula is C22H29NO4. The van der Waals surface area contributed by atoms with E-state index in [0.29, 0.717) is 26.2 Å². The highest BCUT2D eigenvalue weighted by molar-refractivity contribution is 5.82. The van der Waals surface area contributed by atoms with E-state index in [1.165, 1.54) is 11.0 Å². The number of benzene rings is 1. The molecule has 27 heavy (non-hydrogen) atoms. The lowest BCUT2D eigenvalue weighted by molar-refractivity contribution is -0.104. The van der Waals surface area contributed by atoms with E-state index in [-0.39, 0.29) is 11.5 Å². The van der Waals surface area contributed by atoms with Crippen LogP contribution in [-0.2, 0) is 9.53 Å². The van der Waals surface area contributed by atoms with Crippen LogP contribution in [0, 0.1) is 5.41 Å². The molecule has 5 nitrogen and oxygen atoms in total. The molecule has 1 aliphatic heterocycles. The van der Waals surface area contributed by atoms with E-state index in [1.54, 1.807) is 0 Å². The molecule has 0 spiro atoms. The van der Waals surface area contributed by atoms with Crippen molar-refractivity contribution in [3.8, 4) is 0 Å². The van der Waals surface area contributed by atoms with Crippen LogP contribution in [0.1, 0.15) is 45.2 Å². The van der Waals surface area contributed by atoms with Gasteiger partial charge < -0.3 is 14.7 Å². The molecule has 1 aromatic carbocycles. The van der Waals surface area contributed by atoms with Crippen molar-refractivity contribution in [2.45, 2.75) is 40.2 Å². The first-order valence-corrected chi connectivity index (χ1v) is 9.31. The van der Waals surface area contributed by atoms with Crippen LogP contribution < -0.4 is 0 Å². The third kappa shape index (κ3) is 5.30. The summed E-state index contributed by atoms with van der Waals surface area (Å²) in [4.78, 5) is 24.0. The van der Waals surface area contributed by atoms with E-state index in [9.17, 15) is 14.7 Å². The monoisotopic (exact) mass is 371 g/mol. The van der Waals surface area contributed by atoms with Crippen LogP contribution in [0.4, 0.5) is 4.79 Å². The van der Waals surface area contributed by atoms with Gasteiger partial charge in [0.15, 0.2) is 0 Å². The molecule has 1 aromatic rings. The Morgan fingerprint density at radius 2 is 1.96 bits per heavy atom. The minimum atomic E-state index is -0.875. The molecule has 2 rings (SSSR count). The fourth-order valence-electron chi connectivity index (χ4n) is 3.34. The van der Waals surface area contributed by atoms with E-state index < -0.39 is 6.09 Å². The van der Waals surface area contributed by atoms with E-state index in [4.69, 9.17) is 4.74 Å². The number of carbonyl (C=O) groups is 2. The van der Waals surface area contributed by atoms with Crippen LogP contribution in [0.25, 0.3) is 11.1 Å². The molecule has 0 saturated carbocycles. The van der Waals surface area contributed by atoms with Gasteiger partial charge in [0.2, 0.25) is 0 Å². The molecular weight excluding hydrogens is 342 g/mol. The van der Waals surface area contributed by atoms with Crippen molar-refractivity contribution in [2.24, 2.45) is 5.41 Å². The smallest absolute Gasteiger partial charge is 0.407 e. The van der Waals surface area contributed by atoms with Crippen LogP contribution in [0.15, 0.2) is 36.4 Å². The highest BCUT2D eigenvalue weighted by atomic mass is 16.5. The summed E-state index contributed by atoms with van der Waals surface area (Å²) in [5.41, 5.74) is 3.86. The van der Waals surface area contributed by atoms with E-state index >= 15 is 0 Å². The molecule has 0 aromatic heterocycles. The average Bonchev–Trinajstić information content (AvgIpc) is 2.64. The van der Waals surface area contributed by atoms with E-state index in [0.717, 1.165) is 28.6 Å². The maximum atomic E-state index is 11.6. The summed E-state index contributed by atoms with van der Waals surface area (Å²) in [5, 5.41) is 9.50. The first kappa shape index (κ1) is 20.9. The number of allylic oxidation sites excluding steroid dienone is 1. The highest BCUT2D eigenvalue weighted by Gasteiger charge is 2.34. The molecule has 0 saturated heterocycles. The van der Waals surface area contributed by atoms with Gasteiger partial charge in [0.05, 0.1) is 12.6 Å². The minimum Gasteiger partial charge on any atom is -0.465 e. The quantitative estimate of drug-likeness (QED) is 0.591. The topological polar surface area (TPSA) is 66.8 Å². The molecule has 1 heterocycles. The van der Waals surface area contributed by atoms with Crippen molar-refractivity contribution in [3.63, 3.8) is 0 Å². The Bertz CT molecular complexity index is 726. The molecule has 1 unspecified atom stereocenters. The third-order valence-corrected chi connectivity index (χ3v) is 4.81. The van der Waals surface area contributed by atoms with Crippen molar-refractivity contribution in [3.05, 3.63) is 47.5 Å². The number of carboxylic acid groups (broad SMARTS) is 1. The van der Waals surface area contributed by atoms with Crippen LogP contribution in [0.5, 0.6) is 0 Å². The van der Waals surface area contributed by atoms with Crippen LogP contribution in [0.2, 0.25) is 0 Å². The zero-order valence-corrected chi connectivity index (χ0v) is 16.6. The second-order valence-corrected chi connectivity index (χ2v) is 7.77. The Morgan fingerprint density at radius 1 is 1.30 bits per heavy atom. The van der Waals surface area contributed by atoms with Crippen molar-refractivity contribution in [1.29, 1.82) is 0 Å². The molecule has 0 bridgehead atoms. The van der Waals surface area contributed by atoms with Gasteiger partial charge in [0.25, 0.3) is 0 Å². The fourth-order valence-corrected chi connectivity index (χ4v) is 3.34. The van der Waals surface area contributed by atoms with Crippen molar-refractivity contribution >= 4 is 23.5 Å². The molecule has 1 aliphatic rings. The number of carbonyl (C=O) groups excluding carboxylic acids is 1. The van der Waals surface area contributed by atoms with Gasteiger partial charge in [0.1, 0.15) is 6.29 Å². The van der Waals surface area contributed by atoms with Gasteiger partial charge in [0, 0.05) is 13.2 Å². The molecule has 5 heteroatoms. The SMILES string of the molecule is CCOCC(=CC=O)c1ccc(C2=CC(C(C)(C)C)N(C(=O)O)CC2)cc1. The average molecular weight is 371 g/mol. The maximum Gasteiger partial charge on any atom is 0.407 e. The predicted octanol–water partition coefficient (Wildman–Crippen LogP) is 4.49. The Kier molecular flexibility index (Phi) is 6.97. The molecule has 0 fully saturated rings. The number of rotatable bonds is 6. The third-order valence-electron chi connectivity index (χ3n) is 4.81. The fraction of sp³-hybridized carbons (Fsp3) is 0.455. The Hall–Kier alpha value is -2.40. The number of nitrogens with zero attached hydrogens (tertiary/aromatic N) is 1. The zero-order chi connectivity index (χ0) is 20.0. The minimum absolute atomic E-state index is 0.165. The number of hydrogen-bond donors (Lipinski definition) is 1. The number of ether oxygens (including phenoxy) is 1. The Balaban J connectivity index is 2.29. The summed E-state index contributed by atoms with van der Waals surface area (Å²) in [6, 6.07) is 7.87. The molecule has 146 valence electrons. The van der Waals surface area contributed by atoms with Gasteiger partial charge in [-0.05, 0) is 47.1 Å². The Morgan fingerprint density at radius 3 is 2.48 bits per heavy atom. The molecule has 1 amide bonds. The standard InChI is InChI=1S/C22H29NO4/c1-5-27-15-19(11-13-24)17-8-6-16(7-9-17)18-10-12-23(21(25)26)20(14-18)22(2,3)4/h6-9,11,13-14,20H,5,10,12,15H2,1-4H3,(H,25,26). The van der Waals surface area contributed by atoms with Crippen molar-refractivity contribution < 1.29 is 19.4 Å². The van der Waals surface area contributed by atoms with Gasteiger partial charge in [-0.2, -0.15) is 0 Å². The first-order valence-electron chi connectivity index (χ1n) is 9.31. The normalized spacial score (nSPS) is 18.2. The first-order chi connectivity index (χ1) is 12.8. The second kappa shape index (κ2) is 9.00. The lowest BCUT2D eigenvalue weighted by Gasteiger charge is -2.40. The van der Waals surface area contributed by atoms with Gasteiger partial charge in [-0.25, -0.2) is 4.79 Å². The number of amides is 1. The van der Waals surface area contributed by atoms with Crippen molar-refractivity contribution in [2.75, 3.05) is 19.8 Å². The molecule has 1 N–H and O–H groups in total. The van der Waals surface area contributed by atoms with Crippen LogP contribution >= 0.6 is 0 Å². The predicted molar refractivity (Wildman–Crippen MR) is 108 cm³/mol. The maximum absolute atomic E-state index is 11.6. The van der Waals surface area contributed by atoms with Gasteiger partial charge in [-0.1, -0.05) is 51.1 Å². The Labute approximate surface area is 161 Å². The summed E-state index contributed by atoms with van der Waals surface area (Å²) in [5.74, 6) is 0.